The van der Waals surface area contributed by atoms with Crippen molar-refractivity contribution in [1.29, 1.82) is 0 Å². The summed E-state index contributed by atoms with van der Waals surface area (Å²) < 4.78 is 4.93. The zero-order chi connectivity index (χ0) is 16.3. The number of ether oxygens (including phenoxy) is 1. The van der Waals surface area contributed by atoms with Crippen molar-refractivity contribution in [3.8, 4) is 0 Å². The highest BCUT2D eigenvalue weighted by molar-refractivity contribution is 5.75. The highest BCUT2D eigenvalue weighted by Gasteiger charge is 2.32. The number of esters is 1. The lowest BCUT2D eigenvalue weighted by Crippen LogP contribution is -2.32. The van der Waals surface area contributed by atoms with Crippen LogP contribution in [0, 0.1) is 6.92 Å². The Morgan fingerprint density at radius 3 is 2.73 bits per heavy atom. The smallest absolute Gasteiger partial charge is 0.310 e. The van der Waals surface area contributed by atoms with Gasteiger partial charge in [0.1, 0.15) is 6.10 Å². The number of hydrogen-bond acceptors (Lipinski definition) is 5. The molecule has 0 radical (unpaired) electrons. The Morgan fingerprint density at radius 1 is 1.36 bits per heavy atom. The number of carbonyl (C=O) groups is 1. The summed E-state index contributed by atoms with van der Waals surface area (Å²) in [6.45, 7) is 6.59. The average molecular weight is 305 g/mol. The molecule has 0 saturated heterocycles. The molecule has 2 N–H and O–H groups in total. The van der Waals surface area contributed by atoms with Crippen LogP contribution in [0.25, 0.3) is 0 Å². The number of anilines is 1. The van der Waals surface area contributed by atoms with Crippen LogP contribution in [0.15, 0.2) is 29.7 Å². The van der Waals surface area contributed by atoms with E-state index in [1.165, 1.54) is 0 Å². The number of aliphatic hydroxyl groups excluding tert-OH is 2. The normalized spacial score (nSPS) is 17.5. The van der Waals surface area contributed by atoms with Crippen LogP contribution in [0.1, 0.15) is 43.9 Å². The monoisotopic (exact) mass is 305 g/mol. The molecule has 120 valence electrons. The van der Waals surface area contributed by atoms with Gasteiger partial charge in [-0.05, 0) is 31.9 Å². The van der Waals surface area contributed by atoms with Crippen molar-refractivity contribution in [3.05, 3.63) is 40.8 Å². The second kappa shape index (κ2) is 6.83. The van der Waals surface area contributed by atoms with Gasteiger partial charge in [0.25, 0.3) is 0 Å². The Balaban J connectivity index is 2.43. The molecular weight excluding hydrogens is 282 g/mol. The summed E-state index contributed by atoms with van der Waals surface area (Å²) in [7, 11) is 0. The molecule has 22 heavy (non-hydrogen) atoms. The van der Waals surface area contributed by atoms with Gasteiger partial charge in [-0.3, -0.25) is 4.79 Å². The van der Waals surface area contributed by atoms with Gasteiger partial charge >= 0.3 is 5.97 Å². The molecular formula is C17H23NO4. The van der Waals surface area contributed by atoms with Gasteiger partial charge in [-0.2, -0.15) is 0 Å². The fourth-order valence-corrected chi connectivity index (χ4v) is 2.71. The minimum Gasteiger partial charge on any atom is -0.494 e. The van der Waals surface area contributed by atoms with E-state index in [4.69, 9.17) is 4.74 Å². The molecule has 1 heterocycles. The highest BCUT2D eigenvalue weighted by atomic mass is 16.5. The van der Waals surface area contributed by atoms with Gasteiger partial charge in [-0.1, -0.05) is 19.1 Å². The van der Waals surface area contributed by atoms with E-state index >= 15 is 0 Å². The maximum absolute atomic E-state index is 11.7. The summed E-state index contributed by atoms with van der Waals surface area (Å²) in [4.78, 5) is 13.5. The molecule has 5 nitrogen and oxygen atoms in total. The van der Waals surface area contributed by atoms with Crippen LogP contribution in [-0.2, 0) is 9.53 Å². The third kappa shape index (κ3) is 3.09. The van der Waals surface area contributed by atoms with Crippen molar-refractivity contribution in [1.82, 2.24) is 0 Å². The molecule has 1 aromatic rings. The van der Waals surface area contributed by atoms with Crippen LogP contribution in [0.2, 0.25) is 0 Å². The molecule has 1 aromatic carbocycles. The topological polar surface area (TPSA) is 70.0 Å². The first-order valence-electron chi connectivity index (χ1n) is 7.63. The van der Waals surface area contributed by atoms with E-state index in [2.05, 4.69) is 0 Å². The molecule has 1 unspecified atom stereocenters. The zero-order valence-corrected chi connectivity index (χ0v) is 13.3. The summed E-state index contributed by atoms with van der Waals surface area (Å²) in [6, 6.07) is 5.69. The second-order valence-corrected chi connectivity index (χ2v) is 5.45. The predicted octanol–water partition coefficient (Wildman–Crippen LogP) is 2.98. The van der Waals surface area contributed by atoms with Gasteiger partial charge in [-0.25, -0.2) is 0 Å². The first kappa shape index (κ1) is 16.4. The second-order valence-electron chi connectivity index (χ2n) is 5.45. The SMILES string of the molecule is CCCN1C(O)=C(CC(=O)OCC)C(O)c2ccc(C)cc21. The van der Waals surface area contributed by atoms with Crippen LogP contribution in [0.5, 0.6) is 0 Å². The summed E-state index contributed by atoms with van der Waals surface area (Å²) in [6.07, 6.45) is -0.276. The van der Waals surface area contributed by atoms with E-state index in [1.807, 2.05) is 32.0 Å². The van der Waals surface area contributed by atoms with Gasteiger partial charge in [0.05, 0.1) is 18.7 Å². The maximum Gasteiger partial charge on any atom is 0.310 e. The third-order valence-corrected chi connectivity index (χ3v) is 3.73. The molecule has 2 rings (SSSR count). The number of nitrogens with zero attached hydrogens (tertiary/aromatic N) is 1. The van der Waals surface area contributed by atoms with Crippen molar-refractivity contribution in [2.24, 2.45) is 0 Å². The van der Waals surface area contributed by atoms with E-state index in [1.54, 1.807) is 11.8 Å². The molecule has 0 aliphatic carbocycles. The van der Waals surface area contributed by atoms with Gasteiger partial charge < -0.3 is 19.8 Å². The van der Waals surface area contributed by atoms with Crippen LogP contribution in [0.3, 0.4) is 0 Å². The van der Waals surface area contributed by atoms with E-state index in [0.717, 1.165) is 17.7 Å². The van der Waals surface area contributed by atoms with Crippen LogP contribution in [0.4, 0.5) is 5.69 Å². The lowest BCUT2D eigenvalue weighted by atomic mass is 9.92. The maximum atomic E-state index is 11.7. The van der Waals surface area contributed by atoms with Crippen molar-refractivity contribution < 1.29 is 19.7 Å². The number of aryl methyl sites for hydroxylation is 1. The van der Waals surface area contributed by atoms with Crippen molar-refractivity contribution >= 4 is 11.7 Å². The summed E-state index contributed by atoms with van der Waals surface area (Å²) >= 11 is 0. The molecule has 0 aromatic heterocycles. The van der Waals surface area contributed by atoms with Gasteiger partial charge in [0, 0.05) is 17.7 Å². The third-order valence-electron chi connectivity index (χ3n) is 3.73. The van der Waals surface area contributed by atoms with Gasteiger partial charge in [-0.15, -0.1) is 0 Å². The Labute approximate surface area is 130 Å². The zero-order valence-electron chi connectivity index (χ0n) is 13.3. The quantitative estimate of drug-likeness (QED) is 0.818. The van der Waals surface area contributed by atoms with Crippen molar-refractivity contribution in [2.45, 2.75) is 39.7 Å². The Morgan fingerprint density at radius 2 is 2.09 bits per heavy atom. The molecule has 1 atom stereocenters. The highest BCUT2D eigenvalue weighted by Crippen LogP contribution is 2.40. The largest absolute Gasteiger partial charge is 0.494 e. The Bertz CT molecular complexity index is 594. The Kier molecular flexibility index (Phi) is 5.08. The first-order valence-corrected chi connectivity index (χ1v) is 7.63. The summed E-state index contributed by atoms with van der Waals surface area (Å²) in [5.74, 6) is -0.490. The minimum absolute atomic E-state index is 0.0412. The van der Waals surface area contributed by atoms with Gasteiger partial charge in [0.15, 0.2) is 5.88 Å². The molecule has 0 spiro atoms. The molecule has 0 bridgehead atoms. The molecule has 0 fully saturated rings. The minimum atomic E-state index is -0.992. The fourth-order valence-electron chi connectivity index (χ4n) is 2.71. The number of fused-ring (bicyclic) bond motifs is 1. The summed E-state index contributed by atoms with van der Waals surface area (Å²) in [5, 5.41) is 21.1. The number of benzene rings is 1. The van der Waals surface area contributed by atoms with E-state index in [0.29, 0.717) is 17.7 Å². The van der Waals surface area contributed by atoms with Crippen LogP contribution in [-0.4, -0.2) is 29.3 Å². The van der Waals surface area contributed by atoms with Crippen molar-refractivity contribution in [2.75, 3.05) is 18.1 Å². The summed E-state index contributed by atoms with van der Waals surface area (Å²) in [5.41, 5.74) is 2.84. The number of hydrogen-bond donors (Lipinski definition) is 2. The molecule has 0 amide bonds. The molecule has 1 aliphatic heterocycles. The number of aliphatic hydroxyl groups is 2. The van der Waals surface area contributed by atoms with E-state index in [-0.39, 0.29) is 18.9 Å². The lowest BCUT2D eigenvalue weighted by Gasteiger charge is -2.34. The first-order chi connectivity index (χ1) is 10.5. The lowest BCUT2D eigenvalue weighted by molar-refractivity contribution is -0.142. The van der Waals surface area contributed by atoms with E-state index < -0.39 is 12.1 Å². The van der Waals surface area contributed by atoms with Crippen molar-refractivity contribution in [3.63, 3.8) is 0 Å². The fraction of sp³-hybridized carbons (Fsp3) is 0.471. The van der Waals surface area contributed by atoms with E-state index in [9.17, 15) is 15.0 Å². The molecule has 5 heteroatoms. The Hall–Kier alpha value is -2.01. The standard InChI is InChI=1S/C17H23NO4/c1-4-8-18-14-9-11(3)6-7-12(14)16(20)13(17(18)21)10-15(19)22-5-2/h6-7,9,16,20-21H,4-5,8,10H2,1-3H3. The molecule has 1 aliphatic rings. The molecule has 0 saturated carbocycles. The van der Waals surface area contributed by atoms with Crippen LogP contribution < -0.4 is 4.90 Å². The van der Waals surface area contributed by atoms with Crippen LogP contribution >= 0.6 is 0 Å². The van der Waals surface area contributed by atoms with Gasteiger partial charge in [0.2, 0.25) is 0 Å². The predicted molar refractivity (Wildman–Crippen MR) is 84.7 cm³/mol. The number of carbonyl (C=O) groups excluding carboxylic acids is 1. The average Bonchev–Trinajstić information content (AvgIpc) is 2.48. The number of rotatable bonds is 5.